The molecule has 3 aromatic rings. The number of rotatable bonds is 7. The standard InChI is InChI=1S/C24H27NO5/c1-14(2)18-11-19-17(10-23(26)30-22(19)8-15(18)3)13-25-12-16-6-7-21(28-4)20(9-16)24(27)29-5/h6-11,14,25H,12-13H2,1-5H3. The summed E-state index contributed by atoms with van der Waals surface area (Å²) in [5.41, 5.74) is 4.73. The lowest BCUT2D eigenvalue weighted by Crippen LogP contribution is -2.15. The third kappa shape index (κ3) is 4.54. The predicted molar refractivity (Wildman–Crippen MR) is 116 cm³/mol. The molecule has 30 heavy (non-hydrogen) atoms. The van der Waals surface area contributed by atoms with Crippen LogP contribution in [0.4, 0.5) is 0 Å². The van der Waals surface area contributed by atoms with Gasteiger partial charge in [0.1, 0.15) is 16.9 Å². The molecule has 0 bridgehead atoms. The first-order valence-electron chi connectivity index (χ1n) is 9.87. The SMILES string of the molecule is COC(=O)c1cc(CNCc2cc(=O)oc3cc(C)c(C(C)C)cc23)ccc1OC. The summed E-state index contributed by atoms with van der Waals surface area (Å²) in [6.07, 6.45) is 0. The van der Waals surface area contributed by atoms with Crippen molar-refractivity contribution in [1.82, 2.24) is 5.32 Å². The number of fused-ring (bicyclic) bond motifs is 1. The van der Waals surface area contributed by atoms with E-state index in [1.165, 1.54) is 25.8 Å². The van der Waals surface area contributed by atoms with Gasteiger partial charge in [-0.2, -0.15) is 0 Å². The van der Waals surface area contributed by atoms with Crippen LogP contribution in [0.25, 0.3) is 11.0 Å². The fourth-order valence-electron chi connectivity index (χ4n) is 3.64. The average molecular weight is 409 g/mol. The monoisotopic (exact) mass is 409 g/mol. The molecule has 1 N–H and O–H groups in total. The zero-order chi connectivity index (χ0) is 21.8. The van der Waals surface area contributed by atoms with Crippen LogP contribution in [0, 0.1) is 6.92 Å². The van der Waals surface area contributed by atoms with Gasteiger partial charge < -0.3 is 19.2 Å². The first-order chi connectivity index (χ1) is 14.3. The number of carbonyl (C=O) groups excluding carboxylic acids is 1. The summed E-state index contributed by atoms with van der Waals surface area (Å²) in [5, 5.41) is 4.28. The van der Waals surface area contributed by atoms with Crippen molar-refractivity contribution in [1.29, 1.82) is 0 Å². The van der Waals surface area contributed by atoms with Crippen molar-refractivity contribution in [3.05, 3.63) is 74.6 Å². The zero-order valence-corrected chi connectivity index (χ0v) is 18.0. The van der Waals surface area contributed by atoms with Gasteiger partial charge in [-0.15, -0.1) is 0 Å². The largest absolute Gasteiger partial charge is 0.496 e. The second-order valence-corrected chi connectivity index (χ2v) is 7.58. The van der Waals surface area contributed by atoms with Gasteiger partial charge in [-0.1, -0.05) is 19.9 Å². The molecule has 0 saturated carbocycles. The third-order valence-corrected chi connectivity index (χ3v) is 5.15. The molecule has 0 amide bonds. The lowest BCUT2D eigenvalue weighted by Gasteiger charge is -2.14. The Labute approximate surface area is 175 Å². The second kappa shape index (κ2) is 9.13. The first-order valence-corrected chi connectivity index (χ1v) is 9.87. The zero-order valence-electron chi connectivity index (χ0n) is 18.0. The fourth-order valence-corrected chi connectivity index (χ4v) is 3.64. The van der Waals surface area contributed by atoms with Gasteiger partial charge in [0, 0.05) is 24.5 Å². The highest BCUT2D eigenvalue weighted by molar-refractivity contribution is 5.92. The second-order valence-electron chi connectivity index (χ2n) is 7.58. The summed E-state index contributed by atoms with van der Waals surface area (Å²) >= 11 is 0. The summed E-state index contributed by atoms with van der Waals surface area (Å²) in [6.45, 7) is 7.32. The number of ether oxygens (including phenoxy) is 2. The van der Waals surface area contributed by atoms with E-state index >= 15 is 0 Å². The Balaban J connectivity index is 1.85. The minimum Gasteiger partial charge on any atom is -0.496 e. The van der Waals surface area contributed by atoms with E-state index in [0.717, 1.165) is 22.1 Å². The lowest BCUT2D eigenvalue weighted by atomic mass is 9.95. The van der Waals surface area contributed by atoms with E-state index < -0.39 is 5.97 Å². The predicted octanol–water partition coefficient (Wildman–Crippen LogP) is 4.31. The topological polar surface area (TPSA) is 77.8 Å². The van der Waals surface area contributed by atoms with Crippen LogP contribution in [0.2, 0.25) is 0 Å². The highest BCUT2D eigenvalue weighted by Gasteiger charge is 2.14. The molecule has 0 aliphatic heterocycles. The highest BCUT2D eigenvalue weighted by atomic mass is 16.5. The van der Waals surface area contributed by atoms with E-state index in [1.807, 2.05) is 19.1 Å². The van der Waals surface area contributed by atoms with Crippen LogP contribution in [0.3, 0.4) is 0 Å². The molecular formula is C24H27NO5. The number of hydrogen-bond donors (Lipinski definition) is 1. The van der Waals surface area contributed by atoms with Crippen LogP contribution in [0.5, 0.6) is 5.75 Å². The molecular weight excluding hydrogens is 382 g/mol. The van der Waals surface area contributed by atoms with Crippen molar-refractivity contribution in [2.45, 2.75) is 39.8 Å². The van der Waals surface area contributed by atoms with Gasteiger partial charge in [-0.3, -0.25) is 0 Å². The Kier molecular flexibility index (Phi) is 6.57. The van der Waals surface area contributed by atoms with Crippen LogP contribution < -0.4 is 15.7 Å². The van der Waals surface area contributed by atoms with Crippen molar-refractivity contribution in [3.63, 3.8) is 0 Å². The summed E-state index contributed by atoms with van der Waals surface area (Å²) in [5.74, 6) is 0.393. The van der Waals surface area contributed by atoms with E-state index in [9.17, 15) is 9.59 Å². The minimum absolute atomic E-state index is 0.367. The molecule has 0 aliphatic rings. The number of hydrogen-bond acceptors (Lipinski definition) is 6. The van der Waals surface area contributed by atoms with Crippen LogP contribution >= 0.6 is 0 Å². The van der Waals surface area contributed by atoms with Crippen LogP contribution in [0.15, 0.2) is 45.6 Å². The summed E-state index contributed by atoms with van der Waals surface area (Å²) in [4.78, 5) is 24.0. The lowest BCUT2D eigenvalue weighted by molar-refractivity contribution is 0.0597. The first kappa shape index (κ1) is 21.6. The third-order valence-electron chi connectivity index (χ3n) is 5.15. The fraction of sp³-hybridized carbons (Fsp3) is 0.333. The summed E-state index contributed by atoms with van der Waals surface area (Å²) in [7, 11) is 2.85. The van der Waals surface area contributed by atoms with Gasteiger partial charge in [0.05, 0.1) is 14.2 Å². The molecule has 0 fully saturated rings. The Morgan fingerprint density at radius 2 is 1.87 bits per heavy atom. The van der Waals surface area contributed by atoms with Gasteiger partial charge in [-0.25, -0.2) is 9.59 Å². The highest BCUT2D eigenvalue weighted by Crippen LogP contribution is 2.27. The molecule has 6 nitrogen and oxygen atoms in total. The van der Waals surface area contributed by atoms with Crippen LogP contribution in [0.1, 0.15) is 52.4 Å². The normalized spacial score (nSPS) is 11.1. The van der Waals surface area contributed by atoms with Crippen molar-refractivity contribution < 1.29 is 18.7 Å². The maximum atomic E-state index is 12.0. The quantitative estimate of drug-likeness (QED) is 0.463. The molecule has 0 saturated heterocycles. The molecule has 3 rings (SSSR count). The van der Waals surface area contributed by atoms with Gasteiger partial charge in [0.2, 0.25) is 0 Å². The molecule has 0 unspecified atom stereocenters. The Morgan fingerprint density at radius 3 is 2.53 bits per heavy atom. The van der Waals surface area contributed by atoms with E-state index in [0.29, 0.717) is 35.9 Å². The molecule has 0 spiro atoms. The molecule has 1 aromatic heterocycles. The van der Waals surface area contributed by atoms with E-state index in [2.05, 4.69) is 25.2 Å². The number of carbonyl (C=O) groups is 1. The van der Waals surface area contributed by atoms with E-state index in [1.54, 1.807) is 12.1 Å². The number of esters is 1. The Hall–Kier alpha value is -3.12. The number of benzene rings is 2. The number of aryl methyl sites for hydroxylation is 1. The Bertz CT molecular complexity index is 1130. The molecule has 1 heterocycles. The van der Waals surface area contributed by atoms with Crippen LogP contribution in [-0.4, -0.2) is 20.2 Å². The van der Waals surface area contributed by atoms with Gasteiger partial charge in [0.15, 0.2) is 0 Å². The van der Waals surface area contributed by atoms with Crippen molar-refractivity contribution in [2.75, 3.05) is 14.2 Å². The van der Waals surface area contributed by atoms with Gasteiger partial charge in [0.25, 0.3) is 0 Å². The molecule has 0 radical (unpaired) electrons. The number of methoxy groups -OCH3 is 2. The van der Waals surface area contributed by atoms with Crippen LogP contribution in [-0.2, 0) is 17.8 Å². The summed E-state index contributed by atoms with van der Waals surface area (Å²) < 4.78 is 15.5. The van der Waals surface area contributed by atoms with E-state index in [4.69, 9.17) is 13.9 Å². The molecule has 0 atom stereocenters. The minimum atomic E-state index is -0.447. The Morgan fingerprint density at radius 1 is 1.10 bits per heavy atom. The molecule has 2 aromatic carbocycles. The smallest absolute Gasteiger partial charge is 0.341 e. The maximum Gasteiger partial charge on any atom is 0.341 e. The van der Waals surface area contributed by atoms with Crippen molar-refractivity contribution in [2.24, 2.45) is 0 Å². The van der Waals surface area contributed by atoms with Crippen molar-refractivity contribution in [3.8, 4) is 5.75 Å². The van der Waals surface area contributed by atoms with Crippen molar-refractivity contribution >= 4 is 16.9 Å². The summed E-state index contributed by atoms with van der Waals surface area (Å²) in [6, 6.07) is 10.9. The number of nitrogens with one attached hydrogen (secondary N) is 1. The van der Waals surface area contributed by atoms with E-state index in [-0.39, 0.29) is 5.63 Å². The maximum absolute atomic E-state index is 12.0. The van der Waals surface area contributed by atoms with Gasteiger partial charge >= 0.3 is 11.6 Å². The molecule has 158 valence electrons. The molecule has 6 heteroatoms. The van der Waals surface area contributed by atoms with Gasteiger partial charge in [-0.05, 0) is 59.4 Å². The molecule has 0 aliphatic carbocycles. The average Bonchev–Trinajstić information content (AvgIpc) is 2.72.